The Bertz CT molecular complexity index is 620. The Morgan fingerprint density at radius 1 is 1.26 bits per heavy atom. The molecule has 0 saturated heterocycles. The Morgan fingerprint density at radius 2 is 1.96 bits per heavy atom. The van der Waals surface area contributed by atoms with Crippen molar-refractivity contribution in [3.63, 3.8) is 0 Å². The van der Waals surface area contributed by atoms with Crippen LogP contribution < -0.4 is 5.73 Å². The fourth-order valence-corrected chi connectivity index (χ4v) is 2.24. The van der Waals surface area contributed by atoms with Crippen molar-refractivity contribution >= 4 is 5.97 Å². The molecule has 0 saturated carbocycles. The van der Waals surface area contributed by atoms with Crippen molar-refractivity contribution in [2.75, 3.05) is 26.2 Å². The van der Waals surface area contributed by atoms with Gasteiger partial charge >= 0.3 is 5.97 Å². The second-order valence-corrected chi connectivity index (χ2v) is 5.05. The summed E-state index contributed by atoms with van der Waals surface area (Å²) in [5.74, 6) is -0.318. The van der Waals surface area contributed by atoms with Crippen LogP contribution in [-0.2, 0) is 11.3 Å². The summed E-state index contributed by atoms with van der Waals surface area (Å²) in [7, 11) is 0. The molecule has 2 rings (SSSR count). The first-order valence-corrected chi connectivity index (χ1v) is 7.79. The highest BCUT2D eigenvalue weighted by Crippen LogP contribution is 2.11. The lowest BCUT2D eigenvalue weighted by molar-refractivity contribution is 0.0466. The first-order valence-electron chi connectivity index (χ1n) is 7.79. The van der Waals surface area contributed by atoms with Crippen LogP contribution in [0.3, 0.4) is 0 Å². The minimum absolute atomic E-state index is 0.318. The predicted molar refractivity (Wildman–Crippen MR) is 87.3 cm³/mol. The van der Waals surface area contributed by atoms with E-state index in [-0.39, 0.29) is 5.97 Å². The van der Waals surface area contributed by atoms with Gasteiger partial charge in [-0.3, -0.25) is 0 Å². The summed E-state index contributed by atoms with van der Waals surface area (Å²) in [6.45, 7) is 7.56. The van der Waals surface area contributed by atoms with Gasteiger partial charge in [0, 0.05) is 13.1 Å². The number of carbonyl (C=O) groups excluding carboxylic acids is 1. The summed E-state index contributed by atoms with van der Waals surface area (Å²) in [5, 5.41) is 7.82. The van der Waals surface area contributed by atoms with E-state index in [1.165, 1.54) is 0 Å². The predicted octanol–water partition coefficient (Wildman–Crippen LogP) is 1.22. The van der Waals surface area contributed by atoms with Crippen molar-refractivity contribution in [3.05, 3.63) is 41.7 Å². The van der Waals surface area contributed by atoms with Crippen LogP contribution in [0.15, 0.2) is 30.5 Å². The van der Waals surface area contributed by atoms with Gasteiger partial charge in [-0.2, -0.15) is 0 Å². The Balaban J connectivity index is 1.95. The number of hydrogen-bond acceptors (Lipinski definition) is 6. The van der Waals surface area contributed by atoms with Crippen molar-refractivity contribution in [2.24, 2.45) is 5.73 Å². The second-order valence-electron chi connectivity index (χ2n) is 5.05. The number of carbonyl (C=O) groups is 1. The molecule has 2 aromatic rings. The molecule has 0 aliphatic heterocycles. The van der Waals surface area contributed by atoms with E-state index in [0.717, 1.165) is 31.0 Å². The summed E-state index contributed by atoms with van der Waals surface area (Å²) in [5.41, 5.74) is 7.76. The second kappa shape index (κ2) is 8.40. The molecule has 0 atom stereocenters. The minimum Gasteiger partial charge on any atom is -0.461 e. The number of nitrogens with zero attached hydrogens (tertiary/aromatic N) is 4. The maximum absolute atomic E-state index is 12.0. The molecular formula is C16H23N5O2. The molecule has 0 bridgehead atoms. The van der Waals surface area contributed by atoms with Crippen LogP contribution in [0.4, 0.5) is 0 Å². The van der Waals surface area contributed by atoms with Gasteiger partial charge in [-0.25, -0.2) is 9.48 Å². The maximum Gasteiger partial charge on any atom is 0.338 e. The smallest absolute Gasteiger partial charge is 0.338 e. The standard InChI is InChI=1S/C16H23N5O2/c1-3-20(4-2)9-10-23-16(22)13-5-7-14(8-6-13)21-15(11-17)12-18-19-21/h5-8,12H,3-4,9-11,17H2,1-2H3. The van der Waals surface area contributed by atoms with Gasteiger partial charge in [-0.05, 0) is 37.4 Å². The molecule has 0 aliphatic rings. The molecule has 1 heterocycles. The number of aromatic nitrogens is 3. The molecule has 0 fully saturated rings. The largest absolute Gasteiger partial charge is 0.461 e. The number of rotatable bonds is 8. The third kappa shape index (κ3) is 4.37. The van der Waals surface area contributed by atoms with Crippen molar-refractivity contribution < 1.29 is 9.53 Å². The van der Waals surface area contributed by atoms with Gasteiger partial charge in [-0.1, -0.05) is 19.1 Å². The van der Waals surface area contributed by atoms with Crippen LogP contribution in [0.25, 0.3) is 5.69 Å². The van der Waals surface area contributed by atoms with Crippen LogP contribution in [0, 0.1) is 0 Å². The van der Waals surface area contributed by atoms with E-state index in [1.54, 1.807) is 35.1 Å². The van der Waals surface area contributed by atoms with Crippen LogP contribution in [-0.4, -0.2) is 52.1 Å². The van der Waals surface area contributed by atoms with Crippen molar-refractivity contribution in [1.82, 2.24) is 19.9 Å². The minimum atomic E-state index is -0.318. The maximum atomic E-state index is 12.0. The quantitative estimate of drug-likeness (QED) is 0.737. The Morgan fingerprint density at radius 3 is 2.57 bits per heavy atom. The molecule has 124 valence electrons. The molecule has 23 heavy (non-hydrogen) atoms. The molecule has 0 radical (unpaired) electrons. The summed E-state index contributed by atoms with van der Waals surface area (Å²) in [6, 6.07) is 7.04. The van der Waals surface area contributed by atoms with Crippen LogP contribution >= 0.6 is 0 Å². The summed E-state index contributed by atoms with van der Waals surface area (Å²) in [6.07, 6.45) is 1.62. The van der Waals surface area contributed by atoms with Gasteiger partial charge in [0.15, 0.2) is 0 Å². The summed E-state index contributed by atoms with van der Waals surface area (Å²) in [4.78, 5) is 14.2. The monoisotopic (exact) mass is 317 g/mol. The highest BCUT2D eigenvalue weighted by Gasteiger charge is 2.10. The normalized spacial score (nSPS) is 11.0. The van der Waals surface area contributed by atoms with E-state index in [1.807, 2.05) is 0 Å². The fraction of sp³-hybridized carbons (Fsp3) is 0.438. The first kappa shape index (κ1) is 17.1. The molecule has 2 N–H and O–H groups in total. The molecular weight excluding hydrogens is 294 g/mol. The lowest BCUT2D eigenvalue weighted by atomic mass is 10.2. The van der Waals surface area contributed by atoms with Gasteiger partial charge in [0.1, 0.15) is 6.61 Å². The van der Waals surface area contributed by atoms with E-state index < -0.39 is 0 Å². The van der Waals surface area contributed by atoms with E-state index >= 15 is 0 Å². The van der Waals surface area contributed by atoms with Crippen LogP contribution in [0.2, 0.25) is 0 Å². The molecule has 7 heteroatoms. The fourth-order valence-electron chi connectivity index (χ4n) is 2.24. The van der Waals surface area contributed by atoms with Crippen LogP contribution in [0.5, 0.6) is 0 Å². The van der Waals surface area contributed by atoms with Gasteiger partial charge in [0.25, 0.3) is 0 Å². The number of ether oxygens (including phenoxy) is 1. The molecule has 0 amide bonds. The Hall–Kier alpha value is -2.25. The van der Waals surface area contributed by atoms with Crippen molar-refractivity contribution in [1.29, 1.82) is 0 Å². The summed E-state index contributed by atoms with van der Waals surface area (Å²) < 4.78 is 6.95. The van der Waals surface area contributed by atoms with Gasteiger partial charge in [0.2, 0.25) is 0 Å². The molecule has 0 spiro atoms. The SMILES string of the molecule is CCN(CC)CCOC(=O)c1ccc(-n2nncc2CN)cc1. The molecule has 7 nitrogen and oxygen atoms in total. The number of nitrogens with two attached hydrogens (primary N) is 1. The van der Waals surface area contributed by atoms with Gasteiger partial charge < -0.3 is 15.4 Å². The third-order valence-electron chi connectivity index (χ3n) is 3.71. The highest BCUT2D eigenvalue weighted by atomic mass is 16.5. The zero-order valence-corrected chi connectivity index (χ0v) is 13.6. The Labute approximate surface area is 136 Å². The van der Waals surface area contributed by atoms with Gasteiger partial charge in [0.05, 0.1) is 23.1 Å². The highest BCUT2D eigenvalue weighted by molar-refractivity contribution is 5.89. The van der Waals surface area contributed by atoms with E-state index in [2.05, 4.69) is 29.1 Å². The zero-order valence-electron chi connectivity index (χ0n) is 13.6. The van der Waals surface area contributed by atoms with E-state index in [9.17, 15) is 4.79 Å². The molecule has 1 aromatic heterocycles. The number of likely N-dealkylation sites (N-methyl/N-ethyl adjacent to an activating group) is 1. The number of esters is 1. The number of hydrogen-bond donors (Lipinski definition) is 1. The topological polar surface area (TPSA) is 86.3 Å². The summed E-state index contributed by atoms with van der Waals surface area (Å²) >= 11 is 0. The van der Waals surface area contributed by atoms with Gasteiger partial charge in [-0.15, -0.1) is 5.10 Å². The van der Waals surface area contributed by atoms with Crippen molar-refractivity contribution in [3.8, 4) is 5.69 Å². The van der Waals surface area contributed by atoms with E-state index in [0.29, 0.717) is 18.7 Å². The lowest BCUT2D eigenvalue weighted by Gasteiger charge is -2.17. The van der Waals surface area contributed by atoms with E-state index in [4.69, 9.17) is 10.5 Å². The molecule has 0 aliphatic carbocycles. The first-order chi connectivity index (χ1) is 11.2. The average Bonchev–Trinajstić information content (AvgIpc) is 3.07. The van der Waals surface area contributed by atoms with Crippen molar-refractivity contribution in [2.45, 2.75) is 20.4 Å². The average molecular weight is 317 g/mol. The molecule has 0 unspecified atom stereocenters. The zero-order chi connectivity index (χ0) is 16.7. The lowest BCUT2D eigenvalue weighted by Crippen LogP contribution is -2.27. The molecule has 1 aromatic carbocycles. The van der Waals surface area contributed by atoms with Crippen LogP contribution in [0.1, 0.15) is 29.9 Å². The Kier molecular flexibility index (Phi) is 6.25. The third-order valence-corrected chi connectivity index (χ3v) is 3.71. The number of benzene rings is 1.